The zero-order chi connectivity index (χ0) is 22.4. The van der Waals surface area contributed by atoms with Crippen LogP contribution in [-0.4, -0.2) is 45.7 Å². The van der Waals surface area contributed by atoms with Crippen LogP contribution in [0.2, 0.25) is 0 Å². The van der Waals surface area contributed by atoms with Gasteiger partial charge in [0.15, 0.2) is 5.16 Å². The summed E-state index contributed by atoms with van der Waals surface area (Å²) in [5.74, 6) is 0.911. The quantitative estimate of drug-likeness (QED) is 0.379. The van der Waals surface area contributed by atoms with E-state index in [4.69, 9.17) is 4.42 Å². The Morgan fingerprint density at radius 3 is 2.58 bits per heavy atom. The number of amides is 1. The number of carbonyl (C=O) groups excluding carboxylic acids is 1. The van der Waals surface area contributed by atoms with Crippen LogP contribution < -0.4 is 10.9 Å². The summed E-state index contributed by atoms with van der Waals surface area (Å²) >= 11 is 1.28. The van der Waals surface area contributed by atoms with Crippen molar-refractivity contribution in [2.75, 3.05) is 25.4 Å². The SMILES string of the molecule is CCN(CC)C(CNC(=O)CSc1nc2ccccc2c(=O)n1C(C)C)c1ccco1. The van der Waals surface area contributed by atoms with Gasteiger partial charge in [-0.25, -0.2) is 4.98 Å². The summed E-state index contributed by atoms with van der Waals surface area (Å²) in [6.45, 7) is 10.2. The first-order valence-corrected chi connectivity index (χ1v) is 11.6. The molecule has 31 heavy (non-hydrogen) atoms. The van der Waals surface area contributed by atoms with Crippen molar-refractivity contribution in [3.8, 4) is 0 Å². The van der Waals surface area contributed by atoms with Crippen LogP contribution in [-0.2, 0) is 4.79 Å². The van der Waals surface area contributed by atoms with Gasteiger partial charge in [-0.3, -0.25) is 19.1 Å². The van der Waals surface area contributed by atoms with E-state index in [1.165, 1.54) is 11.8 Å². The van der Waals surface area contributed by atoms with Gasteiger partial charge in [0.05, 0.1) is 29.0 Å². The van der Waals surface area contributed by atoms with Crippen LogP contribution in [0.15, 0.2) is 57.0 Å². The zero-order valence-electron chi connectivity index (χ0n) is 18.5. The molecule has 0 saturated heterocycles. The number of benzene rings is 1. The van der Waals surface area contributed by atoms with E-state index in [1.54, 1.807) is 16.9 Å². The van der Waals surface area contributed by atoms with Crippen molar-refractivity contribution in [3.05, 3.63) is 58.8 Å². The highest BCUT2D eigenvalue weighted by atomic mass is 32.2. The molecule has 7 nitrogen and oxygen atoms in total. The second kappa shape index (κ2) is 10.6. The van der Waals surface area contributed by atoms with Gasteiger partial charge < -0.3 is 9.73 Å². The predicted molar refractivity (Wildman–Crippen MR) is 124 cm³/mol. The third kappa shape index (κ3) is 5.37. The topological polar surface area (TPSA) is 80.4 Å². The maximum atomic E-state index is 12.9. The molecule has 0 bridgehead atoms. The van der Waals surface area contributed by atoms with Crippen LogP contribution in [0.3, 0.4) is 0 Å². The van der Waals surface area contributed by atoms with Crippen molar-refractivity contribution in [2.45, 2.75) is 44.9 Å². The number of fused-ring (bicyclic) bond motifs is 1. The van der Waals surface area contributed by atoms with Crippen LogP contribution in [0.25, 0.3) is 10.9 Å². The average molecular weight is 443 g/mol. The molecule has 2 heterocycles. The molecular weight excluding hydrogens is 412 g/mol. The molecule has 0 aliphatic rings. The van der Waals surface area contributed by atoms with Crippen molar-refractivity contribution in [1.82, 2.24) is 19.8 Å². The molecule has 1 N–H and O–H groups in total. The molecule has 0 aliphatic carbocycles. The summed E-state index contributed by atoms with van der Waals surface area (Å²) in [5, 5.41) is 4.16. The van der Waals surface area contributed by atoms with E-state index >= 15 is 0 Å². The summed E-state index contributed by atoms with van der Waals surface area (Å²) in [6, 6.07) is 11.0. The first-order chi connectivity index (χ1) is 15.0. The third-order valence-electron chi connectivity index (χ3n) is 5.24. The standard InChI is InChI=1S/C23H30N4O3S/c1-5-26(6-2)19(20-12-9-13-30-20)14-24-21(28)15-31-23-25-18-11-8-7-10-17(18)22(29)27(23)16(3)4/h7-13,16,19H,5-6,14-15H2,1-4H3,(H,24,28). The number of furan rings is 1. The van der Waals surface area contributed by atoms with Gasteiger partial charge in [-0.05, 0) is 51.2 Å². The van der Waals surface area contributed by atoms with Crippen molar-refractivity contribution in [3.63, 3.8) is 0 Å². The predicted octanol–water partition coefficient (Wildman–Crippen LogP) is 3.86. The van der Waals surface area contributed by atoms with Crippen LogP contribution >= 0.6 is 11.8 Å². The number of aromatic nitrogens is 2. The zero-order valence-corrected chi connectivity index (χ0v) is 19.3. The van der Waals surface area contributed by atoms with Gasteiger partial charge in [0.2, 0.25) is 5.91 Å². The number of hydrogen-bond donors (Lipinski definition) is 1. The smallest absolute Gasteiger partial charge is 0.262 e. The lowest BCUT2D eigenvalue weighted by Crippen LogP contribution is -2.38. The van der Waals surface area contributed by atoms with E-state index < -0.39 is 0 Å². The van der Waals surface area contributed by atoms with Crippen LogP contribution in [0.5, 0.6) is 0 Å². The van der Waals surface area contributed by atoms with E-state index in [0.717, 1.165) is 18.8 Å². The van der Waals surface area contributed by atoms with E-state index in [2.05, 4.69) is 29.0 Å². The fourth-order valence-electron chi connectivity index (χ4n) is 3.63. The first kappa shape index (κ1) is 23.1. The summed E-state index contributed by atoms with van der Waals surface area (Å²) in [5.41, 5.74) is 0.564. The minimum absolute atomic E-state index is 0.0217. The van der Waals surface area contributed by atoms with Gasteiger partial charge in [0.25, 0.3) is 5.56 Å². The molecule has 0 aliphatic heterocycles. The van der Waals surface area contributed by atoms with Crippen molar-refractivity contribution >= 4 is 28.6 Å². The Kier molecular flexibility index (Phi) is 7.92. The van der Waals surface area contributed by atoms with E-state index in [-0.39, 0.29) is 29.3 Å². The Bertz CT molecular complexity index is 1060. The minimum Gasteiger partial charge on any atom is -0.468 e. The molecule has 0 spiro atoms. The summed E-state index contributed by atoms with van der Waals surface area (Å²) < 4.78 is 7.25. The lowest BCUT2D eigenvalue weighted by molar-refractivity contribution is -0.118. The van der Waals surface area contributed by atoms with Gasteiger partial charge in [-0.15, -0.1) is 0 Å². The summed E-state index contributed by atoms with van der Waals surface area (Å²) in [6.07, 6.45) is 1.65. The van der Waals surface area contributed by atoms with Crippen molar-refractivity contribution in [1.29, 1.82) is 0 Å². The first-order valence-electron chi connectivity index (χ1n) is 10.6. The molecule has 1 amide bonds. The molecule has 0 saturated carbocycles. The molecule has 3 aromatic rings. The van der Waals surface area contributed by atoms with Crippen LogP contribution in [0.1, 0.15) is 45.5 Å². The van der Waals surface area contributed by atoms with Crippen LogP contribution in [0, 0.1) is 0 Å². The number of nitrogens with one attached hydrogen (secondary N) is 1. The largest absolute Gasteiger partial charge is 0.468 e. The van der Waals surface area contributed by atoms with Gasteiger partial charge in [0.1, 0.15) is 5.76 Å². The molecule has 166 valence electrons. The Labute approximate surface area is 186 Å². The number of hydrogen-bond acceptors (Lipinski definition) is 6. The number of nitrogens with zero attached hydrogens (tertiary/aromatic N) is 3. The van der Waals surface area contributed by atoms with Gasteiger partial charge >= 0.3 is 0 Å². The normalized spacial score (nSPS) is 12.6. The number of para-hydroxylation sites is 1. The maximum Gasteiger partial charge on any atom is 0.262 e. The maximum absolute atomic E-state index is 12.9. The molecule has 1 unspecified atom stereocenters. The minimum atomic E-state index is -0.105. The second-order valence-corrected chi connectivity index (χ2v) is 8.47. The molecule has 0 fully saturated rings. The van der Waals surface area contributed by atoms with Crippen molar-refractivity contribution < 1.29 is 9.21 Å². The Balaban J connectivity index is 1.71. The Hall–Kier alpha value is -2.58. The fraction of sp³-hybridized carbons (Fsp3) is 0.435. The summed E-state index contributed by atoms with van der Waals surface area (Å²) in [7, 11) is 0. The van der Waals surface area contributed by atoms with Gasteiger partial charge in [0, 0.05) is 12.6 Å². The summed E-state index contributed by atoms with van der Waals surface area (Å²) in [4.78, 5) is 32.4. The lowest BCUT2D eigenvalue weighted by atomic mass is 10.2. The molecule has 8 heteroatoms. The van der Waals surface area contributed by atoms with E-state index in [9.17, 15) is 9.59 Å². The highest BCUT2D eigenvalue weighted by molar-refractivity contribution is 7.99. The van der Waals surface area contributed by atoms with Crippen LogP contribution in [0.4, 0.5) is 0 Å². The van der Waals surface area contributed by atoms with E-state index in [0.29, 0.717) is 22.6 Å². The highest BCUT2D eigenvalue weighted by Crippen LogP contribution is 2.22. The molecule has 1 aromatic carbocycles. The Morgan fingerprint density at radius 1 is 1.19 bits per heavy atom. The molecule has 0 radical (unpaired) electrons. The van der Waals surface area contributed by atoms with E-state index in [1.807, 2.05) is 44.2 Å². The third-order valence-corrected chi connectivity index (χ3v) is 6.19. The Morgan fingerprint density at radius 2 is 1.94 bits per heavy atom. The molecular formula is C23H30N4O3S. The average Bonchev–Trinajstić information content (AvgIpc) is 3.29. The fourth-order valence-corrected chi connectivity index (χ4v) is 4.59. The number of rotatable bonds is 10. The molecule has 1 atom stereocenters. The molecule has 2 aromatic heterocycles. The van der Waals surface area contributed by atoms with Gasteiger partial charge in [-0.2, -0.15) is 0 Å². The molecule has 3 rings (SSSR count). The lowest BCUT2D eigenvalue weighted by Gasteiger charge is -2.28. The monoisotopic (exact) mass is 442 g/mol. The second-order valence-electron chi connectivity index (χ2n) is 7.53. The highest BCUT2D eigenvalue weighted by Gasteiger charge is 2.22. The number of likely N-dealkylation sites (N-methyl/N-ethyl adjacent to an activating group) is 1. The number of thioether (sulfide) groups is 1. The number of carbonyl (C=O) groups is 1. The van der Waals surface area contributed by atoms with Gasteiger partial charge in [-0.1, -0.05) is 37.7 Å². The van der Waals surface area contributed by atoms with Crippen molar-refractivity contribution in [2.24, 2.45) is 0 Å².